The summed E-state index contributed by atoms with van der Waals surface area (Å²) < 4.78 is 26.7. The van der Waals surface area contributed by atoms with Gasteiger partial charge >= 0.3 is 0 Å². The fourth-order valence-electron chi connectivity index (χ4n) is 2.37. The molecule has 1 aliphatic heterocycles. The number of likely N-dealkylation sites (tertiary alicyclic amines) is 1. The van der Waals surface area contributed by atoms with Gasteiger partial charge in [-0.05, 0) is 31.0 Å². The second kappa shape index (κ2) is 6.10. The van der Waals surface area contributed by atoms with Gasteiger partial charge in [0.05, 0.1) is 6.04 Å². The molecule has 104 valence electrons. The van der Waals surface area contributed by atoms with Crippen LogP contribution in [0.25, 0.3) is 0 Å². The monoisotopic (exact) mass is 268 g/mol. The van der Waals surface area contributed by atoms with Gasteiger partial charge in [0.15, 0.2) is 0 Å². The highest BCUT2D eigenvalue weighted by molar-refractivity contribution is 5.76. The van der Waals surface area contributed by atoms with Crippen molar-refractivity contribution in [3.63, 3.8) is 0 Å². The second-order valence-corrected chi connectivity index (χ2v) is 4.92. The molecule has 0 radical (unpaired) electrons. The van der Waals surface area contributed by atoms with E-state index in [0.717, 1.165) is 37.5 Å². The zero-order chi connectivity index (χ0) is 13.8. The van der Waals surface area contributed by atoms with E-state index in [9.17, 15) is 13.6 Å². The zero-order valence-electron chi connectivity index (χ0n) is 10.7. The van der Waals surface area contributed by atoms with E-state index in [1.165, 1.54) is 0 Å². The molecule has 0 aliphatic carbocycles. The molecule has 3 nitrogen and oxygen atoms in total. The van der Waals surface area contributed by atoms with Crippen LogP contribution in [0.5, 0.6) is 0 Å². The van der Waals surface area contributed by atoms with Crippen LogP contribution in [-0.2, 0) is 4.79 Å². The lowest BCUT2D eigenvalue weighted by atomic mass is 10.1. The van der Waals surface area contributed by atoms with Gasteiger partial charge in [0.1, 0.15) is 11.6 Å². The average molecular weight is 268 g/mol. The summed E-state index contributed by atoms with van der Waals surface area (Å²) in [4.78, 5) is 13.5. The first-order chi connectivity index (χ1) is 9.08. The molecule has 19 heavy (non-hydrogen) atoms. The maximum atomic E-state index is 13.6. The molecular formula is C14H18F2N2O. The van der Waals surface area contributed by atoms with Gasteiger partial charge in [0, 0.05) is 25.1 Å². The van der Waals surface area contributed by atoms with E-state index in [1.54, 1.807) is 4.90 Å². The molecule has 1 unspecified atom stereocenters. The van der Waals surface area contributed by atoms with Crippen molar-refractivity contribution in [2.75, 3.05) is 13.1 Å². The minimum absolute atomic E-state index is 0.0461. The van der Waals surface area contributed by atoms with Gasteiger partial charge in [-0.25, -0.2) is 8.78 Å². The van der Waals surface area contributed by atoms with Gasteiger partial charge in [0.25, 0.3) is 0 Å². The van der Waals surface area contributed by atoms with Crippen LogP contribution in [0.1, 0.15) is 37.3 Å². The van der Waals surface area contributed by atoms with E-state index in [-0.39, 0.29) is 18.0 Å². The van der Waals surface area contributed by atoms with Crippen molar-refractivity contribution in [1.82, 2.24) is 4.90 Å². The number of benzene rings is 1. The molecule has 1 heterocycles. The Hall–Kier alpha value is -1.49. The molecule has 0 saturated carbocycles. The van der Waals surface area contributed by atoms with Gasteiger partial charge in [-0.15, -0.1) is 0 Å². The predicted octanol–water partition coefficient (Wildman–Crippen LogP) is 2.37. The summed E-state index contributed by atoms with van der Waals surface area (Å²) in [6.07, 6.45) is 3.35. The largest absolute Gasteiger partial charge is 0.341 e. The number of amides is 1. The highest BCUT2D eigenvalue weighted by Gasteiger charge is 2.21. The summed E-state index contributed by atoms with van der Waals surface area (Å²) in [6, 6.07) is 2.53. The zero-order valence-corrected chi connectivity index (χ0v) is 10.7. The number of hydrogen-bond acceptors (Lipinski definition) is 2. The van der Waals surface area contributed by atoms with Crippen molar-refractivity contribution in [3.8, 4) is 0 Å². The summed E-state index contributed by atoms with van der Waals surface area (Å²) in [5.74, 6) is -1.00. The van der Waals surface area contributed by atoms with E-state index in [1.807, 2.05) is 0 Å². The van der Waals surface area contributed by atoms with Crippen LogP contribution in [0.2, 0.25) is 0 Å². The SMILES string of the molecule is NC(CN1CCCCCC1=O)c1cc(F)ccc1F. The first-order valence-electron chi connectivity index (χ1n) is 6.56. The molecule has 0 bridgehead atoms. The third-order valence-electron chi connectivity index (χ3n) is 3.45. The number of nitrogens with zero attached hydrogens (tertiary/aromatic N) is 1. The second-order valence-electron chi connectivity index (χ2n) is 4.92. The minimum Gasteiger partial charge on any atom is -0.341 e. The lowest BCUT2D eigenvalue weighted by Gasteiger charge is -2.24. The Morgan fingerprint density at radius 2 is 2.05 bits per heavy atom. The Balaban J connectivity index is 2.09. The van der Waals surface area contributed by atoms with E-state index in [2.05, 4.69) is 0 Å². The third kappa shape index (κ3) is 3.50. The van der Waals surface area contributed by atoms with Crippen molar-refractivity contribution in [3.05, 3.63) is 35.4 Å². The molecule has 2 N–H and O–H groups in total. The van der Waals surface area contributed by atoms with Gasteiger partial charge in [0.2, 0.25) is 5.91 Å². The van der Waals surface area contributed by atoms with Crippen LogP contribution in [0, 0.1) is 11.6 Å². The third-order valence-corrected chi connectivity index (χ3v) is 3.45. The van der Waals surface area contributed by atoms with Crippen molar-refractivity contribution in [1.29, 1.82) is 0 Å². The predicted molar refractivity (Wildman–Crippen MR) is 68.3 cm³/mol. The lowest BCUT2D eigenvalue weighted by Crippen LogP contribution is -2.37. The number of nitrogens with two attached hydrogens (primary N) is 1. The maximum Gasteiger partial charge on any atom is 0.222 e. The average Bonchev–Trinajstić information content (AvgIpc) is 2.58. The van der Waals surface area contributed by atoms with Crippen LogP contribution in [-0.4, -0.2) is 23.9 Å². The maximum absolute atomic E-state index is 13.6. The standard InChI is InChI=1S/C14H18F2N2O/c15-10-5-6-12(16)11(8-10)13(17)9-18-7-3-1-2-4-14(18)19/h5-6,8,13H,1-4,7,9,17H2. The lowest BCUT2D eigenvalue weighted by molar-refractivity contribution is -0.130. The Bertz CT molecular complexity index is 465. The molecule has 0 aromatic heterocycles. The van der Waals surface area contributed by atoms with Crippen molar-refractivity contribution in [2.24, 2.45) is 5.73 Å². The van der Waals surface area contributed by atoms with Gasteiger partial charge in [-0.1, -0.05) is 6.42 Å². The molecule has 1 amide bonds. The topological polar surface area (TPSA) is 46.3 Å². The fraction of sp³-hybridized carbons (Fsp3) is 0.500. The highest BCUT2D eigenvalue weighted by atomic mass is 19.1. The number of halogens is 2. The molecule has 1 fully saturated rings. The molecule has 5 heteroatoms. The van der Waals surface area contributed by atoms with Crippen LogP contribution in [0.3, 0.4) is 0 Å². The Labute approximate surface area is 111 Å². The Kier molecular flexibility index (Phi) is 4.47. The molecule has 1 aliphatic rings. The van der Waals surface area contributed by atoms with Crippen molar-refractivity contribution in [2.45, 2.75) is 31.7 Å². The molecule has 1 saturated heterocycles. The smallest absolute Gasteiger partial charge is 0.222 e. The number of carbonyl (C=O) groups excluding carboxylic acids is 1. The van der Waals surface area contributed by atoms with E-state index < -0.39 is 17.7 Å². The summed E-state index contributed by atoms with van der Waals surface area (Å²) >= 11 is 0. The van der Waals surface area contributed by atoms with E-state index in [0.29, 0.717) is 13.0 Å². The summed E-state index contributed by atoms with van der Waals surface area (Å²) in [5, 5.41) is 0. The molecule has 1 atom stereocenters. The quantitative estimate of drug-likeness (QED) is 0.914. The Morgan fingerprint density at radius 3 is 2.84 bits per heavy atom. The first-order valence-corrected chi connectivity index (χ1v) is 6.56. The Morgan fingerprint density at radius 1 is 1.26 bits per heavy atom. The van der Waals surface area contributed by atoms with Crippen molar-refractivity contribution < 1.29 is 13.6 Å². The van der Waals surface area contributed by atoms with Crippen LogP contribution >= 0.6 is 0 Å². The molecule has 0 spiro atoms. The molecule has 2 rings (SSSR count). The fourth-order valence-corrected chi connectivity index (χ4v) is 2.37. The van der Waals surface area contributed by atoms with E-state index >= 15 is 0 Å². The molecule has 1 aromatic carbocycles. The van der Waals surface area contributed by atoms with Gasteiger partial charge in [-0.2, -0.15) is 0 Å². The van der Waals surface area contributed by atoms with E-state index in [4.69, 9.17) is 5.73 Å². The van der Waals surface area contributed by atoms with Crippen molar-refractivity contribution >= 4 is 5.91 Å². The molecule has 1 aromatic rings. The first kappa shape index (κ1) is 13.9. The summed E-state index contributed by atoms with van der Waals surface area (Å²) in [7, 11) is 0. The number of rotatable bonds is 3. The van der Waals surface area contributed by atoms with Gasteiger partial charge in [-0.3, -0.25) is 4.79 Å². The normalized spacial score (nSPS) is 18.3. The number of carbonyl (C=O) groups is 1. The summed E-state index contributed by atoms with van der Waals surface area (Å²) in [5.41, 5.74) is 6.03. The number of hydrogen-bond donors (Lipinski definition) is 1. The van der Waals surface area contributed by atoms with Gasteiger partial charge < -0.3 is 10.6 Å². The van der Waals surface area contributed by atoms with Crippen LogP contribution in [0.15, 0.2) is 18.2 Å². The highest BCUT2D eigenvalue weighted by Crippen LogP contribution is 2.19. The van der Waals surface area contributed by atoms with Crippen LogP contribution < -0.4 is 5.73 Å². The summed E-state index contributed by atoms with van der Waals surface area (Å²) in [6.45, 7) is 0.878. The minimum atomic E-state index is -0.697. The van der Waals surface area contributed by atoms with Crippen LogP contribution in [0.4, 0.5) is 8.78 Å². The molecular weight excluding hydrogens is 250 g/mol.